The van der Waals surface area contributed by atoms with Gasteiger partial charge in [0.15, 0.2) is 0 Å². The lowest BCUT2D eigenvalue weighted by Gasteiger charge is -2.38. The lowest BCUT2D eigenvalue weighted by Crippen LogP contribution is -2.48. The van der Waals surface area contributed by atoms with Crippen molar-refractivity contribution in [1.82, 2.24) is 0 Å². The molecule has 0 spiro atoms. The predicted octanol–water partition coefficient (Wildman–Crippen LogP) is 8.92. The van der Waals surface area contributed by atoms with Gasteiger partial charge in [0.2, 0.25) is 0 Å². The topological polar surface area (TPSA) is 134 Å². The fourth-order valence-electron chi connectivity index (χ4n) is 4.34. The number of carbonyl (C=O) groups excluding carboxylic acids is 3. The highest BCUT2D eigenvalue weighted by molar-refractivity contribution is 5.78. The van der Waals surface area contributed by atoms with Crippen LogP contribution in [0.2, 0.25) is 0 Å². The normalized spacial score (nSPS) is 14.4. The number of rotatable bonds is 22. The summed E-state index contributed by atoms with van der Waals surface area (Å²) < 4.78 is 54.9. The average Bonchev–Trinajstić information content (AvgIpc) is 3.03. The first kappa shape index (κ1) is 55.2. The molecule has 12 heteroatoms. The zero-order valence-corrected chi connectivity index (χ0v) is 40.5. The van der Waals surface area contributed by atoms with Crippen molar-refractivity contribution in [1.29, 1.82) is 0 Å². The Morgan fingerprint density at radius 1 is 0.298 bits per heavy atom. The Balaban J connectivity index is 6.90. The van der Waals surface area contributed by atoms with Gasteiger partial charge in [0.05, 0.1) is 78.7 Å². The molecule has 57 heavy (non-hydrogen) atoms. The fraction of sp³-hybridized carbons (Fsp3) is 0.933. The number of esters is 3. The molecule has 0 aliphatic carbocycles. The van der Waals surface area contributed by atoms with Gasteiger partial charge in [-0.2, -0.15) is 0 Å². The number of hydrogen-bond donors (Lipinski definition) is 0. The largest absolute Gasteiger partial charge is 0.464 e. The molecule has 0 bridgehead atoms. The van der Waals surface area contributed by atoms with E-state index in [1.807, 2.05) is 132 Å². The summed E-state index contributed by atoms with van der Waals surface area (Å²) in [5.74, 6) is -1.68. The maximum absolute atomic E-state index is 14.1. The van der Waals surface area contributed by atoms with E-state index in [1.165, 1.54) is 0 Å². The van der Waals surface area contributed by atoms with Gasteiger partial charge in [-0.3, -0.25) is 14.4 Å². The van der Waals surface area contributed by atoms with E-state index >= 15 is 0 Å². The standard InChI is InChI=1S/C45H86O12/c1-23-45(30-49-33(46)42(20,24-52-36(2,3)4)25-53-37(5,6)7,31-50-34(47)43(21,26-54-38(8,9)10)27-55-39(11,12)13)32-51-35(48)44(22,28-56-40(14,15)16)29-57-41(17,18)19/h23-32H2,1-22H3. The molecule has 0 N–H and O–H groups in total. The van der Waals surface area contributed by atoms with Crippen molar-refractivity contribution in [3.8, 4) is 0 Å². The van der Waals surface area contributed by atoms with Crippen molar-refractivity contribution in [3.05, 3.63) is 0 Å². The molecule has 12 nitrogen and oxygen atoms in total. The van der Waals surface area contributed by atoms with Crippen LogP contribution >= 0.6 is 0 Å². The molecule has 0 rings (SSSR count). The van der Waals surface area contributed by atoms with Crippen molar-refractivity contribution in [2.24, 2.45) is 21.7 Å². The molecule has 338 valence electrons. The van der Waals surface area contributed by atoms with Gasteiger partial charge in [-0.1, -0.05) is 6.92 Å². The van der Waals surface area contributed by atoms with E-state index in [4.69, 9.17) is 42.6 Å². The summed E-state index contributed by atoms with van der Waals surface area (Å²) in [7, 11) is 0. The minimum absolute atomic E-state index is 0.0360. The van der Waals surface area contributed by atoms with Crippen molar-refractivity contribution in [2.45, 2.75) is 192 Å². The molecule has 0 aliphatic heterocycles. The van der Waals surface area contributed by atoms with Crippen LogP contribution in [0.1, 0.15) is 159 Å². The van der Waals surface area contributed by atoms with Gasteiger partial charge < -0.3 is 42.6 Å². The molecule has 0 heterocycles. The first-order valence-corrected chi connectivity index (χ1v) is 20.5. The van der Waals surface area contributed by atoms with Gasteiger partial charge in [0.25, 0.3) is 0 Å². The third-order valence-electron chi connectivity index (χ3n) is 8.70. The first-order valence-electron chi connectivity index (χ1n) is 20.5. The highest BCUT2D eigenvalue weighted by Gasteiger charge is 2.45. The van der Waals surface area contributed by atoms with Gasteiger partial charge in [0.1, 0.15) is 36.1 Å². The monoisotopic (exact) mass is 819 g/mol. The van der Waals surface area contributed by atoms with Crippen LogP contribution in [-0.2, 0) is 57.0 Å². The van der Waals surface area contributed by atoms with Gasteiger partial charge in [-0.15, -0.1) is 0 Å². The molecule has 0 fully saturated rings. The third kappa shape index (κ3) is 23.5. The predicted molar refractivity (Wildman–Crippen MR) is 224 cm³/mol. The van der Waals surface area contributed by atoms with Crippen LogP contribution in [0.15, 0.2) is 0 Å². The highest BCUT2D eigenvalue weighted by Crippen LogP contribution is 2.33. The van der Waals surface area contributed by atoms with Crippen LogP contribution in [0, 0.1) is 21.7 Å². The lowest BCUT2D eigenvalue weighted by atomic mass is 9.86. The van der Waals surface area contributed by atoms with Gasteiger partial charge in [-0.25, -0.2) is 0 Å². The van der Waals surface area contributed by atoms with E-state index in [0.29, 0.717) is 6.42 Å². The van der Waals surface area contributed by atoms with E-state index in [1.54, 1.807) is 20.8 Å². The summed E-state index contributed by atoms with van der Waals surface area (Å²) in [5, 5.41) is 0. The lowest BCUT2D eigenvalue weighted by molar-refractivity contribution is -0.188. The highest BCUT2D eigenvalue weighted by atomic mass is 16.6. The van der Waals surface area contributed by atoms with E-state index in [0.717, 1.165) is 0 Å². The molecule has 0 unspecified atom stereocenters. The number of hydrogen-bond acceptors (Lipinski definition) is 12. The van der Waals surface area contributed by atoms with Crippen LogP contribution < -0.4 is 0 Å². The van der Waals surface area contributed by atoms with E-state index in [2.05, 4.69) is 0 Å². The van der Waals surface area contributed by atoms with E-state index in [9.17, 15) is 14.4 Å². The average molecular weight is 819 g/mol. The summed E-state index contributed by atoms with van der Waals surface area (Å²) >= 11 is 0. The Bertz CT molecular complexity index is 1040. The zero-order valence-electron chi connectivity index (χ0n) is 40.5. The van der Waals surface area contributed by atoms with E-state index < -0.39 is 73.2 Å². The zero-order chi connectivity index (χ0) is 45.2. The Hall–Kier alpha value is -1.83. The molecule has 0 atom stereocenters. The molecule has 0 aromatic carbocycles. The molecule has 0 saturated carbocycles. The molecule has 0 saturated heterocycles. The van der Waals surface area contributed by atoms with Gasteiger partial charge >= 0.3 is 17.9 Å². The van der Waals surface area contributed by atoms with Crippen LogP contribution in [0.25, 0.3) is 0 Å². The van der Waals surface area contributed by atoms with Gasteiger partial charge in [0, 0.05) is 0 Å². The van der Waals surface area contributed by atoms with Crippen molar-refractivity contribution < 1.29 is 57.0 Å². The summed E-state index contributed by atoms with van der Waals surface area (Å²) in [6.45, 7) is 41.0. The minimum Gasteiger partial charge on any atom is -0.464 e. The van der Waals surface area contributed by atoms with Crippen LogP contribution in [0.4, 0.5) is 0 Å². The molecule has 0 aromatic heterocycles. The van der Waals surface area contributed by atoms with E-state index in [-0.39, 0.29) is 59.5 Å². The number of carbonyl (C=O) groups is 3. The summed E-state index contributed by atoms with van der Waals surface area (Å²) in [4.78, 5) is 42.3. The van der Waals surface area contributed by atoms with Crippen molar-refractivity contribution in [2.75, 3.05) is 59.5 Å². The number of ether oxygens (including phenoxy) is 9. The third-order valence-corrected chi connectivity index (χ3v) is 8.70. The molecule has 0 aliphatic rings. The fourth-order valence-corrected chi connectivity index (χ4v) is 4.34. The van der Waals surface area contributed by atoms with Crippen LogP contribution in [0.3, 0.4) is 0 Å². The minimum atomic E-state index is -1.19. The molecule has 0 aromatic rings. The first-order chi connectivity index (χ1) is 25.2. The molecular formula is C45H86O12. The van der Waals surface area contributed by atoms with Crippen molar-refractivity contribution >= 4 is 17.9 Å². The van der Waals surface area contributed by atoms with Gasteiger partial charge in [-0.05, 0) is 152 Å². The Morgan fingerprint density at radius 3 is 0.579 bits per heavy atom. The molecule has 0 radical (unpaired) electrons. The molecular weight excluding hydrogens is 732 g/mol. The Labute approximate surface area is 347 Å². The van der Waals surface area contributed by atoms with Crippen molar-refractivity contribution in [3.63, 3.8) is 0 Å². The second kappa shape index (κ2) is 20.6. The van der Waals surface area contributed by atoms with Crippen LogP contribution in [0.5, 0.6) is 0 Å². The SMILES string of the molecule is CCC(COC(=O)C(C)(COC(C)(C)C)COC(C)(C)C)(COC(=O)C(C)(COC(C)(C)C)COC(C)(C)C)COC(=O)C(C)(COC(C)(C)C)COC(C)(C)C. The summed E-state index contributed by atoms with van der Waals surface area (Å²) in [6, 6.07) is 0. The second-order valence-corrected chi connectivity index (χ2v) is 22.7. The molecule has 0 amide bonds. The smallest absolute Gasteiger partial charge is 0.316 e. The maximum atomic E-state index is 14.1. The summed E-state index contributed by atoms with van der Waals surface area (Å²) in [6.07, 6.45) is 0.315. The second-order valence-electron chi connectivity index (χ2n) is 22.7. The maximum Gasteiger partial charge on any atom is 0.316 e. The Morgan fingerprint density at radius 2 is 0.456 bits per heavy atom. The van der Waals surface area contributed by atoms with Crippen LogP contribution in [-0.4, -0.2) is 111 Å². The Kier molecular flexibility index (Phi) is 20.0. The summed E-state index contributed by atoms with van der Waals surface area (Å²) in [5.41, 5.74) is -7.88. The quantitative estimate of drug-likeness (QED) is 0.0763.